The molecule has 2 aromatic carbocycles. The monoisotopic (exact) mass is 309 g/mol. The van der Waals surface area contributed by atoms with Gasteiger partial charge in [-0.15, -0.1) is 5.10 Å². The van der Waals surface area contributed by atoms with E-state index >= 15 is 0 Å². The Balaban J connectivity index is 1.74. The van der Waals surface area contributed by atoms with Gasteiger partial charge in [-0.1, -0.05) is 35.5 Å². The molecule has 1 aromatic heterocycles. The van der Waals surface area contributed by atoms with Crippen LogP contribution in [0.5, 0.6) is 11.5 Å². The standard InChI is InChI=1S/C18H19N3O2/c1-18(2,22)17-13-21(20-19-17)12-14-7-6-10-16(11-14)23-15-8-4-3-5-9-15/h3-11,13,22H,12H2,1-2H3. The van der Waals surface area contributed by atoms with Crippen molar-refractivity contribution in [2.75, 3.05) is 0 Å². The summed E-state index contributed by atoms with van der Waals surface area (Å²) in [5.41, 5.74) is 0.607. The van der Waals surface area contributed by atoms with Crippen LogP contribution in [0.15, 0.2) is 60.8 Å². The van der Waals surface area contributed by atoms with E-state index in [2.05, 4.69) is 10.3 Å². The summed E-state index contributed by atoms with van der Waals surface area (Å²) >= 11 is 0. The highest BCUT2D eigenvalue weighted by Crippen LogP contribution is 2.22. The van der Waals surface area contributed by atoms with Crippen LogP contribution in [-0.2, 0) is 12.1 Å². The average molecular weight is 309 g/mol. The fourth-order valence-electron chi connectivity index (χ4n) is 2.18. The second-order valence-corrected chi connectivity index (χ2v) is 5.92. The first-order chi connectivity index (χ1) is 11.0. The molecular formula is C18H19N3O2. The molecule has 118 valence electrons. The van der Waals surface area contributed by atoms with Crippen molar-refractivity contribution in [1.29, 1.82) is 0 Å². The quantitative estimate of drug-likeness (QED) is 0.785. The van der Waals surface area contributed by atoms with Crippen LogP contribution in [0.1, 0.15) is 25.1 Å². The minimum Gasteiger partial charge on any atom is -0.457 e. The van der Waals surface area contributed by atoms with Gasteiger partial charge in [0.1, 0.15) is 22.8 Å². The Kier molecular flexibility index (Phi) is 4.12. The Morgan fingerprint density at radius 1 is 1.04 bits per heavy atom. The molecule has 0 aliphatic rings. The highest BCUT2D eigenvalue weighted by molar-refractivity contribution is 5.33. The Hall–Kier alpha value is -2.66. The molecule has 0 aliphatic carbocycles. The molecule has 3 aromatic rings. The van der Waals surface area contributed by atoms with E-state index < -0.39 is 5.60 Å². The molecule has 1 N–H and O–H groups in total. The summed E-state index contributed by atoms with van der Waals surface area (Å²) in [6, 6.07) is 17.5. The molecule has 3 rings (SSSR count). The average Bonchev–Trinajstić information content (AvgIpc) is 2.97. The first-order valence-electron chi connectivity index (χ1n) is 7.45. The molecule has 0 amide bonds. The topological polar surface area (TPSA) is 60.2 Å². The SMILES string of the molecule is CC(C)(O)c1cn(Cc2cccc(Oc3ccccc3)c2)nn1. The number of rotatable bonds is 5. The van der Waals surface area contributed by atoms with Gasteiger partial charge in [0, 0.05) is 0 Å². The third kappa shape index (κ3) is 3.96. The van der Waals surface area contributed by atoms with Gasteiger partial charge in [-0.3, -0.25) is 0 Å². The second kappa shape index (κ2) is 6.22. The Bertz CT molecular complexity index is 776. The Morgan fingerprint density at radius 2 is 1.78 bits per heavy atom. The van der Waals surface area contributed by atoms with Crippen LogP contribution in [-0.4, -0.2) is 20.1 Å². The highest BCUT2D eigenvalue weighted by Gasteiger charge is 2.20. The van der Waals surface area contributed by atoms with Crippen LogP contribution >= 0.6 is 0 Å². The maximum Gasteiger partial charge on any atom is 0.127 e. The molecule has 0 saturated carbocycles. The number of benzene rings is 2. The fourth-order valence-corrected chi connectivity index (χ4v) is 2.18. The van der Waals surface area contributed by atoms with Gasteiger partial charge in [-0.25, -0.2) is 4.68 Å². The molecule has 0 spiro atoms. The molecule has 0 aliphatic heterocycles. The predicted molar refractivity (Wildman–Crippen MR) is 87.3 cm³/mol. The zero-order valence-corrected chi connectivity index (χ0v) is 13.2. The maximum atomic E-state index is 9.94. The molecule has 0 bridgehead atoms. The van der Waals surface area contributed by atoms with E-state index in [-0.39, 0.29) is 0 Å². The summed E-state index contributed by atoms with van der Waals surface area (Å²) < 4.78 is 7.53. The van der Waals surface area contributed by atoms with Crippen molar-refractivity contribution in [2.24, 2.45) is 0 Å². The zero-order chi connectivity index (χ0) is 16.3. The number of aliphatic hydroxyl groups is 1. The summed E-state index contributed by atoms with van der Waals surface area (Å²) in [5, 5.41) is 18.0. The van der Waals surface area contributed by atoms with Gasteiger partial charge in [0.25, 0.3) is 0 Å². The molecule has 0 fully saturated rings. The number of nitrogens with zero attached hydrogens (tertiary/aromatic N) is 3. The Morgan fingerprint density at radius 3 is 2.48 bits per heavy atom. The van der Waals surface area contributed by atoms with Crippen molar-refractivity contribution in [3.63, 3.8) is 0 Å². The summed E-state index contributed by atoms with van der Waals surface area (Å²) in [5.74, 6) is 1.58. The molecule has 5 nitrogen and oxygen atoms in total. The third-order valence-electron chi connectivity index (χ3n) is 3.39. The number of para-hydroxylation sites is 1. The van der Waals surface area contributed by atoms with Crippen LogP contribution in [0.2, 0.25) is 0 Å². The normalized spacial score (nSPS) is 11.4. The number of ether oxygens (including phenoxy) is 1. The van der Waals surface area contributed by atoms with E-state index in [1.807, 2.05) is 54.6 Å². The molecule has 1 heterocycles. The predicted octanol–water partition coefficient (Wildman–Crippen LogP) is 3.35. The van der Waals surface area contributed by atoms with Crippen molar-refractivity contribution in [3.8, 4) is 11.5 Å². The van der Waals surface area contributed by atoms with Crippen LogP contribution < -0.4 is 4.74 Å². The highest BCUT2D eigenvalue weighted by atomic mass is 16.5. The van der Waals surface area contributed by atoms with E-state index in [1.165, 1.54) is 0 Å². The number of aromatic nitrogens is 3. The minimum atomic E-state index is -0.990. The van der Waals surface area contributed by atoms with E-state index in [0.29, 0.717) is 12.2 Å². The lowest BCUT2D eigenvalue weighted by molar-refractivity contribution is 0.0737. The number of hydrogen-bond donors (Lipinski definition) is 1. The molecule has 0 saturated heterocycles. The number of hydrogen-bond acceptors (Lipinski definition) is 4. The molecule has 23 heavy (non-hydrogen) atoms. The van der Waals surface area contributed by atoms with Gasteiger partial charge in [-0.05, 0) is 43.7 Å². The first-order valence-corrected chi connectivity index (χ1v) is 7.45. The third-order valence-corrected chi connectivity index (χ3v) is 3.39. The molecule has 0 unspecified atom stereocenters. The van der Waals surface area contributed by atoms with Gasteiger partial charge in [-0.2, -0.15) is 0 Å². The van der Waals surface area contributed by atoms with Crippen LogP contribution in [0.25, 0.3) is 0 Å². The van der Waals surface area contributed by atoms with Gasteiger partial charge in [0.05, 0.1) is 12.7 Å². The Labute approximate surface area is 135 Å². The largest absolute Gasteiger partial charge is 0.457 e. The van der Waals surface area contributed by atoms with Crippen LogP contribution in [0.4, 0.5) is 0 Å². The lowest BCUT2D eigenvalue weighted by Crippen LogP contribution is -2.15. The molecule has 0 radical (unpaired) electrons. The van der Waals surface area contributed by atoms with E-state index in [4.69, 9.17) is 4.74 Å². The maximum absolute atomic E-state index is 9.94. The zero-order valence-electron chi connectivity index (χ0n) is 13.2. The molecular weight excluding hydrogens is 290 g/mol. The lowest BCUT2D eigenvalue weighted by Gasteiger charge is -2.11. The van der Waals surface area contributed by atoms with Gasteiger partial charge < -0.3 is 9.84 Å². The smallest absolute Gasteiger partial charge is 0.127 e. The van der Waals surface area contributed by atoms with Gasteiger partial charge >= 0.3 is 0 Å². The van der Waals surface area contributed by atoms with Gasteiger partial charge in [0.15, 0.2) is 0 Å². The van der Waals surface area contributed by atoms with Crippen molar-refractivity contribution in [3.05, 3.63) is 72.1 Å². The summed E-state index contributed by atoms with van der Waals surface area (Å²) in [6.07, 6.45) is 1.75. The van der Waals surface area contributed by atoms with Crippen molar-refractivity contribution >= 4 is 0 Å². The molecule has 5 heteroatoms. The second-order valence-electron chi connectivity index (χ2n) is 5.92. The summed E-state index contributed by atoms with van der Waals surface area (Å²) in [7, 11) is 0. The van der Waals surface area contributed by atoms with Crippen molar-refractivity contribution in [2.45, 2.75) is 26.0 Å². The lowest BCUT2D eigenvalue weighted by atomic mass is 10.1. The van der Waals surface area contributed by atoms with Crippen molar-refractivity contribution in [1.82, 2.24) is 15.0 Å². The van der Waals surface area contributed by atoms with Gasteiger partial charge in [0.2, 0.25) is 0 Å². The summed E-state index contributed by atoms with van der Waals surface area (Å²) in [4.78, 5) is 0. The van der Waals surface area contributed by atoms with E-state index in [9.17, 15) is 5.11 Å². The van der Waals surface area contributed by atoms with E-state index in [0.717, 1.165) is 17.1 Å². The van der Waals surface area contributed by atoms with Crippen molar-refractivity contribution < 1.29 is 9.84 Å². The summed E-state index contributed by atoms with van der Waals surface area (Å²) in [6.45, 7) is 3.94. The van der Waals surface area contributed by atoms with E-state index in [1.54, 1.807) is 24.7 Å². The minimum absolute atomic E-state index is 0.550. The molecule has 0 atom stereocenters. The first kappa shape index (κ1) is 15.2. The van der Waals surface area contributed by atoms with Crippen LogP contribution in [0, 0.1) is 0 Å². The fraction of sp³-hybridized carbons (Fsp3) is 0.222. The van der Waals surface area contributed by atoms with Crippen LogP contribution in [0.3, 0.4) is 0 Å².